The van der Waals surface area contributed by atoms with E-state index >= 15 is 0 Å². The fraction of sp³-hybridized carbons (Fsp3) is 0.211. The molecule has 2 aromatic carbocycles. The van der Waals surface area contributed by atoms with E-state index in [4.69, 9.17) is 0 Å². The van der Waals surface area contributed by atoms with Crippen LogP contribution in [0.2, 0.25) is 0 Å². The Morgan fingerprint density at radius 1 is 1.21 bits per heavy atom. The van der Waals surface area contributed by atoms with Crippen LogP contribution in [0.1, 0.15) is 10.6 Å². The molecule has 0 saturated carbocycles. The summed E-state index contributed by atoms with van der Waals surface area (Å²) in [4.78, 5) is 3.45. The average molecular weight is 356 g/mol. The molecule has 0 aliphatic carbocycles. The van der Waals surface area contributed by atoms with E-state index in [1.807, 2.05) is 11.3 Å². The van der Waals surface area contributed by atoms with Crippen molar-refractivity contribution in [2.75, 3.05) is 18.1 Å². The van der Waals surface area contributed by atoms with Crippen molar-refractivity contribution in [3.05, 3.63) is 58.1 Å². The summed E-state index contributed by atoms with van der Waals surface area (Å²) in [6.07, 6.45) is 2.24. The third-order valence-electron chi connectivity index (χ3n) is 4.23. The van der Waals surface area contributed by atoms with Gasteiger partial charge in [0.15, 0.2) is 0 Å². The molecule has 0 atom stereocenters. The molecular formula is C19H19N2OS2+. The number of para-hydroxylation sites is 1. The normalized spacial score (nSPS) is 15.5. The second-order valence-electron chi connectivity index (χ2n) is 5.90. The Bertz CT molecular complexity index is 946. The highest BCUT2D eigenvalue weighted by Crippen LogP contribution is 2.46. The number of rotatable bonds is 3. The number of β-amino-alcohol motifs (C(OH)–C–C–N with tert-alkyl or cyclic N) is 1. The van der Waals surface area contributed by atoms with Gasteiger partial charge in [0.1, 0.15) is 11.7 Å². The lowest BCUT2D eigenvalue weighted by atomic mass is 10.2. The lowest BCUT2D eigenvalue weighted by Gasteiger charge is -2.18. The highest BCUT2D eigenvalue weighted by molar-refractivity contribution is 8.03. The minimum absolute atomic E-state index is 0.143. The number of thioether (sulfide) groups is 1. The van der Waals surface area contributed by atoms with Gasteiger partial charge in [-0.1, -0.05) is 41.3 Å². The van der Waals surface area contributed by atoms with Gasteiger partial charge < -0.3 is 10.0 Å². The Morgan fingerprint density at radius 3 is 2.88 bits per heavy atom. The molecule has 4 rings (SSSR count). The summed E-state index contributed by atoms with van der Waals surface area (Å²) >= 11 is 3.58. The van der Waals surface area contributed by atoms with Gasteiger partial charge >= 0.3 is 0 Å². The number of aliphatic hydroxyl groups is 1. The van der Waals surface area contributed by atoms with Crippen molar-refractivity contribution >= 4 is 45.1 Å². The molecule has 2 heterocycles. The summed E-state index contributed by atoms with van der Waals surface area (Å²) in [6.45, 7) is 2.89. The summed E-state index contributed by atoms with van der Waals surface area (Å²) in [5.41, 5.74) is 3.72. The highest BCUT2D eigenvalue weighted by Gasteiger charge is 2.26. The van der Waals surface area contributed by atoms with Gasteiger partial charge in [-0.15, -0.1) is 0 Å². The first-order chi connectivity index (χ1) is 11.7. The van der Waals surface area contributed by atoms with Crippen molar-refractivity contribution in [2.24, 2.45) is 7.05 Å². The molecule has 1 aliphatic rings. The van der Waals surface area contributed by atoms with Gasteiger partial charge in [0.2, 0.25) is 5.52 Å². The van der Waals surface area contributed by atoms with E-state index in [-0.39, 0.29) is 6.61 Å². The smallest absolute Gasteiger partial charge is 0.265 e. The topological polar surface area (TPSA) is 27.3 Å². The fourth-order valence-corrected chi connectivity index (χ4v) is 5.39. The van der Waals surface area contributed by atoms with Gasteiger partial charge in [0.05, 0.1) is 23.4 Å². The summed E-state index contributed by atoms with van der Waals surface area (Å²) in [5, 5.41) is 11.8. The Balaban J connectivity index is 1.79. The first kappa shape index (κ1) is 15.7. The molecule has 0 unspecified atom stereocenters. The minimum Gasteiger partial charge on any atom is -0.395 e. The first-order valence-corrected chi connectivity index (χ1v) is 9.57. The van der Waals surface area contributed by atoms with Crippen LogP contribution in [0.4, 0.5) is 5.69 Å². The third-order valence-corrected chi connectivity index (χ3v) is 6.49. The number of aromatic nitrogens is 1. The molecule has 3 aromatic rings. The molecule has 1 aliphatic heterocycles. The maximum absolute atomic E-state index is 9.45. The quantitative estimate of drug-likeness (QED) is 0.721. The van der Waals surface area contributed by atoms with Crippen molar-refractivity contribution in [3.63, 3.8) is 0 Å². The molecular weight excluding hydrogens is 336 g/mol. The number of hydrogen-bond donors (Lipinski definition) is 1. The van der Waals surface area contributed by atoms with Gasteiger partial charge in [-0.3, -0.25) is 0 Å². The molecule has 0 bridgehead atoms. The largest absolute Gasteiger partial charge is 0.395 e. The molecule has 122 valence electrons. The zero-order chi connectivity index (χ0) is 16.7. The van der Waals surface area contributed by atoms with E-state index in [1.165, 1.54) is 36.4 Å². The molecule has 3 nitrogen and oxygen atoms in total. The Labute approximate surface area is 149 Å². The van der Waals surface area contributed by atoms with E-state index in [0.29, 0.717) is 6.54 Å². The van der Waals surface area contributed by atoms with Gasteiger partial charge in [-0.25, -0.2) is 0 Å². The molecule has 5 heteroatoms. The third kappa shape index (κ3) is 2.62. The number of benzene rings is 2. The van der Waals surface area contributed by atoms with Crippen LogP contribution in [0.25, 0.3) is 16.3 Å². The Morgan fingerprint density at radius 2 is 2.04 bits per heavy atom. The number of aryl methyl sites for hydroxylation is 2. The van der Waals surface area contributed by atoms with Gasteiger partial charge in [0, 0.05) is 17.5 Å². The van der Waals surface area contributed by atoms with Crippen molar-refractivity contribution in [2.45, 2.75) is 11.8 Å². The molecule has 24 heavy (non-hydrogen) atoms. The number of thiazole rings is 1. The standard InChI is InChI=1S/C19H19N2OS2/c1-13-7-8-14-17(11-13)24-18(20(14)2)12-19-21(9-10-22)15-5-3-4-6-16(15)23-19/h3-8,11-12,22H,9-10H2,1-2H3/q+1. The predicted octanol–water partition coefficient (Wildman–Crippen LogP) is 3.94. The van der Waals surface area contributed by atoms with E-state index in [9.17, 15) is 5.11 Å². The highest BCUT2D eigenvalue weighted by atomic mass is 32.2. The number of fused-ring (bicyclic) bond motifs is 2. The van der Waals surface area contributed by atoms with Crippen LogP contribution in [0.15, 0.2) is 52.4 Å². The van der Waals surface area contributed by atoms with Crippen molar-refractivity contribution in [1.29, 1.82) is 0 Å². The fourth-order valence-electron chi connectivity index (χ4n) is 3.00. The van der Waals surface area contributed by atoms with Crippen LogP contribution < -0.4 is 9.47 Å². The molecule has 0 saturated heterocycles. The van der Waals surface area contributed by atoms with Gasteiger partial charge in [0.25, 0.3) is 5.01 Å². The lowest BCUT2D eigenvalue weighted by Crippen LogP contribution is -2.29. The number of hydrogen-bond acceptors (Lipinski definition) is 4. The summed E-state index contributed by atoms with van der Waals surface area (Å²) < 4.78 is 3.55. The van der Waals surface area contributed by atoms with Crippen LogP contribution in [-0.2, 0) is 7.05 Å². The zero-order valence-corrected chi connectivity index (χ0v) is 15.3. The predicted molar refractivity (Wildman–Crippen MR) is 102 cm³/mol. The SMILES string of the molecule is Cc1ccc2c(c1)sc(C=C1Sc3ccccc3N1CCO)[n+]2C. The minimum atomic E-state index is 0.143. The number of aliphatic hydroxyl groups excluding tert-OH is 1. The van der Waals surface area contributed by atoms with Crippen LogP contribution >= 0.6 is 23.1 Å². The zero-order valence-electron chi connectivity index (χ0n) is 13.7. The molecule has 0 fully saturated rings. The Hall–Kier alpha value is -1.82. The monoisotopic (exact) mass is 355 g/mol. The van der Waals surface area contributed by atoms with E-state index in [0.717, 1.165) is 0 Å². The maximum Gasteiger partial charge on any atom is 0.265 e. The van der Waals surface area contributed by atoms with Crippen LogP contribution in [0.5, 0.6) is 0 Å². The van der Waals surface area contributed by atoms with Crippen LogP contribution in [0, 0.1) is 6.92 Å². The van der Waals surface area contributed by atoms with E-state index < -0.39 is 0 Å². The van der Waals surface area contributed by atoms with Gasteiger partial charge in [-0.05, 0) is 30.7 Å². The molecule has 0 spiro atoms. The van der Waals surface area contributed by atoms with Crippen LogP contribution in [0.3, 0.4) is 0 Å². The maximum atomic E-state index is 9.45. The summed E-state index contributed by atoms with van der Waals surface area (Å²) in [7, 11) is 2.11. The van der Waals surface area contributed by atoms with Crippen molar-refractivity contribution in [1.82, 2.24) is 0 Å². The van der Waals surface area contributed by atoms with Crippen molar-refractivity contribution < 1.29 is 9.67 Å². The summed E-state index contributed by atoms with van der Waals surface area (Å²) in [5.74, 6) is 0. The average Bonchev–Trinajstić information content (AvgIpc) is 3.07. The van der Waals surface area contributed by atoms with Crippen molar-refractivity contribution in [3.8, 4) is 0 Å². The summed E-state index contributed by atoms with van der Waals surface area (Å²) in [6, 6.07) is 15.0. The van der Waals surface area contributed by atoms with Crippen LogP contribution in [-0.4, -0.2) is 18.3 Å². The molecule has 1 aromatic heterocycles. The second kappa shape index (κ2) is 6.24. The Kier molecular flexibility index (Phi) is 4.08. The number of anilines is 1. The van der Waals surface area contributed by atoms with Gasteiger partial charge in [-0.2, -0.15) is 4.57 Å². The lowest BCUT2D eigenvalue weighted by molar-refractivity contribution is -0.642. The van der Waals surface area contributed by atoms with E-state index in [2.05, 4.69) is 72.0 Å². The van der Waals surface area contributed by atoms with E-state index in [1.54, 1.807) is 11.8 Å². The molecule has 1 N–H and O–H groups in total. The molecule has 0 amide bonds. The first-order valence-electron chi connectivity index (χ1n) is 7.93. The second-order valence-corrected chi connectivity index (χ2v) is 8.02. The number of nitrogens with zero attached hydrogens (tertiary/aromatic N) is 2. The molecule has 0 radical (unpaired) electrons.